The van der Waals surface area contributed by atoms with Gasteiger partial charge in [0, 0.05) is 4.47 Å². The quantitative estimate of drug-likeness (QED) is 0.810. The molecule has 0 fully saturated rings. The van der Waals surface area contributed by atoms with E-state index < -0.39 is 0 Å². The highest BCUT2D eigenvalue weighted by Gasteiger charge is 2.02. The molecule has 1 aromatic rings. The molecule has 1 aromatic carbocycles. The van der Waals surface area contributed by atoms with Crippen LogP contribution in [0.1, 0.15) is 25.3 Å². The Labute approximate surface area is 86.5 Å². The number of nitrogens with one attached hydrogen (secondary N) is 1. The maximum Gasteiger partial charge on any atom is 0.211 e. The largest absolute Gasteiger partial charge is 0.328 e. The molecule has 1 rings (SSSR count). The van der Waals surface area contributed by atoms with Crippen molar-refractivity contribution in [2.24, 2.45) is 0 Å². The van der Waals surface area contributed by atoms with Gasteiger partial charge in [-0.25, -0.2) is 0 Å². The Kier molecular flexibility index (Phi) is 3.48. The van der Waals surface area contributed by atoms with E-state index in [2.05, 4.69) is 35.1 Å². The van der Waals surface area contributed by atoms with Crippen LogP contribution in [0.4, 0.5) is 5.69 Å². The molecular formula is C10H12BrNO. The fraction of sp³-hybridized carbons (Fsp3) is 0.300. The summed E-state index contributed by atoms with van der Waals surface area (Å²) in [4.78, 5) is 10.2. The van der Waals surface area contributed by atoms with Crippen molar-refractivity contribution in [3.8, 4) is 0 Å². The summed E-state index contributed by atoms with van der Waals surface area (Å²) in [5.74, 6) is 0.501. The summed E-state index contributed by atoms with van der Waals surface area (Å²) in [7, 11) is 0. The molecule has 0 aliphatic rings. The molecule has 0 aliphatic carbocycles. The minimum Gasteiger partial charge on any atom is -0.328 e. The first-order valence-corrected chi connectivity index (χ1v) is 4.94. The molecule has 0 saturated heterocycles. The van der Waals surface area contributed by atoms with Crippen molar-refractivity contribution in [3.05, 3.63) is 28.2 Å². The number of halogens is 1. The average molecular weight is 242 g/mol. The van der Waals surface area contributed by atoms with Crippen molar-refractivity contribution in [2.75, 3.05) is 5.32 Å². The van der Waals surface area contributed by atoms with Crippen molar-refractivity contribution in [3.63, 3.8) is 0 Å². The van der Waals surface area contributed by atoms with Gasteiger partial charge in [0.25, 0.3) is 0 Å². The Balaban J connectivity index is 2.98. The SMILES string of the molecule is CC(C)c1ccc(NC=O)c(Br)c1. The van der Waals surface area contributed by atoms with Crippen LogP contribution in [0.5, 0.6) is 0 Å². The molecule has 0 bridgehead atoms. The van der Waals surface area contributed by atoms with Gasteiger partial charge in [-0.15, -0.1) is 0 Å². The maximum absolute atomic E-state index is 10.2. The summed E-state index contributed by atoms with van der Waals surface area (Å²) in [6.07, 6.45) is 0.676. The highest BCUT2D eigenvalue weighted by Crippen LogP contribution is 2.26. The first-order chi connectivity index (χ1) is 6.15. The van der Waals surface area contributed by atoms with Gasteiger partial charge >= 0.3 is 0 Å². The van der Waals surface area contributed by atoms with Crippen LogP contribution >= 0.6 is 15.9 Å². The van der Waals surface area contributed by atoms with Crippen molar-refractivity contribution < 1.29 is 4.79 Å². The molecule has 0 unspecified atom stereocenters. The molecule has 70 valence electrons. The third-order valence-corrected chi connectivity index (χ3v) is 2.53. The van der Waals surface area contributed by atoms with Crippen LogP contribution < -0.4 is 5.32 Å². The number of benzene rings is 1. The monoisotopic (exact) mass is 241 g/mol. The van der Waals surface area contributed by atoms with E-state index >= 15 is 0 Å². The number of hydrogen-bond donors (Lipinski definition) is 1. The van der Waals surface area contributed by atoms with E-state index in [1.807, 2.05) is 18.2 Å². The number of carbonyl (C=O) groups excluding carboxylic acids is 1. The summed E-state index contributed by atoms with van der Waals surface area (Å²) < 4.78 is 0.922. The van der Waals surface area contributed by atoms with Crippen molar-refractivity contribution in [1.29, 1.82) is 0 Å². The second-order valence-electron chi connectivity index (χ2n) is 3.16. The van der Waals surface area contributed by atoms with E-state index in [9.17, 15) is 4.79 Å². The van der Waals surface area contributed by atoms with Gasteiger partial charge in [-0.3, -0.25) is 4.79 Å². The standard InChI is InChI=1S/C10H12BrNO/c1-7(2)8-3-4-10(12-6-13)9(11)5-8/h3-7H,1-2H3,(H,12,13). The first-order valence-electron chi connectivity index (χ1n) is 4.14. The summed E-state index contributed by atoms with van der Waals surface area (Å²) in [5, 5.41) is 2.61. The fourth-order valence-electron chi connectivity index (χ4n) is 1.07. The second kappa shape index (κ2) is 4.42. The Morgan fingerprint density at radius 2 is 2.15 bits per heavy atom. The van der Waals surface area contributed by atoms with Crippen LogP contribution in [0, 0.1) is 0 Å². The van der Waals surface area contributed by atoms with Gasteiger partial charge in [-0.1, -0.05) is 19.9 Å². The molecule has 3 heteroatoms. The van der Waals surface area contributed by atoms with Gasteiger partial charge in [0.15, 0.2) is 0 Å². The summed E-state index contributed by atoms with van der Waals surface area (Å²) in [6, 6.07) is 5.94. The van der Waals surface area contributed by atoms with Gasteiger partial charge in [-0.2, -0.15) is 0 Å². The lowest BCUT2D eigenvalue weighted by atomic mass is 10.0. The minimum absolute atomic E-state index is 0.501. The molecule has 0 aliphatic heterocycles. The van der Waals surface area contributed by atoms with E-state index in [4.69, 9.17) is 0 Å². The van der Waals surface area contributed by atoms with Crippen LogP contribution in [0.25, 0.3) is 0 Å². The van der Waals surface area contributed by atoms with Crippen LogP contribution in [0.2, 0.25) is 0 Å². The molecule has 13 heavy (non-hydrogen) atoms. The molecule has 1 amide bonds. The third-order valence-electron chi connectivity index (χ3n) is 1.87. The topological polar surface area (TPSA) is 29.1 Å². The fourth-order valence-corrected chi connectivity index (χ4v) is 1.58. The van der Waals surface area contributed by atoms with E-state index in [0.717, 1.165) is 10.2 Å². The van der Waals surface area contributed by atoms with Gasteiger partial charge in [0.1, 0.15) is 0 Å². The smallest absolute Gasteiger partial charge is 0.211 e. The van der Waals surface area contributed by atoms with E-state index in [-0.39, 0.29) is 0 Å². The number of amides is 1. The van der Waals surface area contributed by atoms with E-state index in [1.165, 1.54) is 5.56 Å². The Bertz CT molecular complexity index is 310. The van der Waals surface area contributed by atoms with Gasteiger partial charge in [-0.05, 0) is 39.5 Å². The van der Waals surface area contributed by atoms with Crippen LogP contribution in [0.15, 0.2) is 22.7 Å². The van der Waals surface area contributed by atoms with E-state index in [0.29, 0.717) is 12.3 Å². The lowest BCUT2D eigenvalue weighted by Gasteiger charge is -2.08. The lowest BCUT2D eigenvalue weighted by Crippen LogP contribution is -1.96. The summed E-state index contributed by atoms with van der Waals surface area (Å²) in [5.41, 5.74) is 2.06. The predicted molar refractivity (Wildman–Crippen MR) is 57.9 cm³/mol. The molecule has 0 heterocycles. The van der Waals surface area contributed by atoms with Crippen molar-refractivity contribution in [1.82, 2.24) is 0 Å². The number of anilines is 1. The zero-order valence-electron chi connectivity index (χ0n) is 7.67. The normalized spacial score (nSPS) is 10.2. The molecular weight excluding hydrogens is 230 g/mol. The highest BCUT2D eigenvalue weighted by molar-refractivity contribution is 9.10. The molecule has 0 aromatic heterocycles. The van der Waals surface area contributed by atoms with Crippen LogP contribution in [0.3, 0.4) is 0 Å². The van der Waals surface area contributed by atoms with Gasteiger partial charge < -0.3 is 5.32 Å². The molecule has 1 N–H and O–H groups in total. The third kappa shape index (κ3) is 2.56. The summed E-state index contributed by atoms with van der Waals surface area (Å²) in [6.45, 7) is 4.27. The minimum atomic E-state index is 0.501. The molecule has 2 nitrogen and oxygen atoms in total. The van der Waals surface area contributed by atoms with Gasteiger partial charge in [0.05, 0.1) is 5.69 Å². The zero-order chi connectivity index (χ0) is 9.84. The van der Waals surface area contributed by atoms with Gasteiger partial charge in [0.2, 0.25) is 6.41 Å². The Morgan fingerprint density at radius 1 is 1.46 bits per heavy atom. The number of carbonyl (C=O) groups is 1. The second-order valence-corrected chi connectivity index (χ2v) is 4.01. The maximum atomic E-state index is 10.2. The highest BCUT2D eigenvalue weighted by atomic mass is 79.9. The number of hydrogen-bond acceptors (Lipinski definition) is 1. The first kappa shape index (κ1) is 10.3. The van der Waals surface area contributed by atoms with Crippen LogP contribution in [-0.4, -0.2) is 6.41 Å². The Morgan fingerprint density at radius 3 is 2.62 bits per heavy atom. The average Bonchev–Trinajstić information content (AvgIpc) is 2.08. The predicted octanol–water partition coefficient (Wildman–Crippen LogP) is 3.14. The molecule has 0 spiro atoms. The molecule has 0 atom stereocenters. The van der Waals surface area contributed by atoms with Crippen molar-refractivity contribution >= 4 is 28.0 Å². The molecule has 0 radical (unpaired) electrons. The number of rotatable bonds is 3. The lowest BCUT2D eigenvalue weighted by molar-refractivity contribution is -0.105. The Hall–Kier alpha value is -0.830. The zero-order valence-corrected chi connectivity index (χ0v) is 9.26. The van der Waals surface area contributed by atoms with Crippen molar-refractivity contribution in [2.45, 2.75) is 19.8 Å². The van der Waals surface area contributed by atoms with Crippen LogP contribution in [-0.2, 0) is 4.79 Å². The summed E-state index contributed by atoms with van der Waals surface area (Å²) >= 11 is 3.40. The molecule has 0 saturated carbocycles. The van der Waals surface area contributed by atoms with E-state index in [1.54, 1.807) is 0 Å².